The lowest BCUT2D eigenvalue weighted by Crippen LogP contribution is -2.30. The van der Waals surface area contributed by atoms with Crippen LogP contribution < -0.4 is 5.73 Å². The van der Waals surface area contributed by atoms with E-state index in [1.165, 1.54) is 18.2 Å². The van der Waals surface area contributed by atoms with Crippen molar-refractivity contribution >= 4 is 17.3 Å². The van der Waals surface area contributed by atoms with Gasteiger partial charge in [-0.1, -0.05) is 13.8 Å². The van der Waals surface area contributed by atoms with Gasteiger partial charge < -0.3 is 10.6 Å². The molecule has 1 aliphatic heterocycles. The molecule has 1 heterocycles. The number of likely N-dealkylation sites (tertiary alicyclic amines) is 1. The highest BCUT2D eigenvalue weighted by Crippen LogP contribution is 2.28. The zero-order chi connectivity index (χ0) is 14.9. The maximum Gasteiger partial charge on any atom is 0.282 e. The van der Waals surface area contributed by atoms with E-state index >= 15 is 0 Å². The number of carbonyl (C=O) groups excluding carboxylic acids is 1. The molecule has 0 aromatic heterocycles. The lowest BCUT2D eigenvalue weighted by atomic mass is 9.95. The zero-order valence-electron chi connectivity index (χ0n) is 11.7. The first kappa shape index (κ1) is 14.3. The molecule has 0 radical (unpaired) electrons. The first-order valence-corrected chi connectivity index (χ1v) is 6.73. The molecule has 1 aliphatic rings. The van der Waals surface area contributed by atoms with E-state index in [1.807, 2.05) is 0 Å². The minimum absolute atomic E-state index is 0.0828. The van der Waals surface area contributed by atoms with Crippen molar-refractivity contribution in [2.75, 3.05) is 18.8 Å². The highest BCUT2D eigenvalue weighted by atomic mass is 16.6. The number of benzene rings is 1. The van der Waals surface area contributed by atoms with Gasteiger partial charge >= 0.3 is 0 Å². The SMILES string of the molecule is CC(C)C1CCN(C(=O)c2cc(N)ccc2[N+](=O)[O-])C1. The van der Waals surface area contributed by atoms with Crippen molar-refractivity contribution in [1.82, 2.24) is 4.90 Å². The fourth-order valence-electron chi connectivity index (χ4n) is 2.57. The lowest BCUT2D eigenvalue weighted by molar-refractivity contribution is -0.385. The summed E-state index contributed by atoms with van der Waals surface area (Å²) in [5.74, 6) is 0.662. The quantitative estimate of drug-likeness (QED) is 0.521. The average molecular weight is 277 g/mol. The fourth-order valence-corrected chi connectivity index (χ4v) is 2.57. The third-order valence-corrected chi connectivity index (χ3v) is 3.90. The van der Waals surface area contributed by atoms with Crippen LogP contribution in [-0.4, -0.2) is 28.8 Å². The topological polar surface area (TPSA) is 89.5 Å². The maximum absolute atomic E-state index is 12.5. The van der Waals surface area contributed by atoms with E-state index in [1.54, 1.807) is 4.90 Å². The van der Waals surface area contributed by atoms with Crippen LogP contribution in [0, 0.1) is 22.0 Å². The summed E-state index contributed by atoms with van der Waals surface area (Å²) in [5, 5.41) is 11.0. The van der Waals surface area contributed by atoms with Crippen LogP contribution in [0.2, 0.25) is 0 Å². The molecule has 0 saturated carbocycles. The summed E-state index contributed by atoms with van der Waals surface area (Å²) in [4.78, 5) is 24.6. The summed E-state index contributed by atoms with van der Waals surface area (Å²) in [6.45, 7) is 5.55. The van der Waals surface area contributed by atoms with Crippen molar-refractivity contribution < 1.29 is 9.72 Å². The summed E-state index contributed by atoms with van der Waals surface area (Å²) in [6.07, 6.45) is 0.944. The molecule has 1 fully saturated rings. The molecule has 2 rings (SSSR count). The predicted octanol–water partition coefficient (Wildman–Crippen LogP) is 2.30. The Morgan fingerprint density at radius 2 is 2.20 bits per heavy atom. The highest BCUT2D eigenvalue weighted by molar-refractivity contribution is 5.99. The van der Waals surface area contributed by atoms with E-state index < -0.39 is 4.92 Å². The molecule has 6 nitrogen and oxygen atoms in total. The first-order chi connectivity index (χ1) is 9.40. The highest BCUT2D eigenvalue weighted by Gasteiger charge is 2.31. The summed E-state index contributed by atoms with van der Waals surface area (Å²) in [6, 6.07) is 4.12. The molecule has 1 aromatic carbocycles. The Bertz CT molecular complexity index is 542. The van der Waals surface area contributed by atoms with Gasteiger partial charge in [-0.25, -0.2) is 0 Å². The Morgan fingerprint density at radius 3 is 2.75 bits per heavy atom. The molecule has 1 atom stereocenters. The molecule has 1 unspecified atom stereocenters. The molecule has 0 bridgehead atoms. The van der Waals surface area contributed by atoms with E-state index in [4.69, 9.17) is 5.73 Å². The van der Waals surface area contributed by atoms with Gasteiger partial charge in [-0.3, -0.25) is 14.9 Å². The Kier molecular flexibility index (Phi) is 3.92. The number of rotatable bonds is 3. The van der Waals surface area contributed by atoms with Crippen LogP contribution in [0.3, 0.4) is 0 Å². The molecule has 1 saturated heterocycles. The van der Waals surface area contributed by atoms with Crippen LogP contribution in [-0.2, 0) is 0 Å². The standard InChI is InChI=1S/C14H19N3O3/c1-9(2)10-5-6-16(8-10)14(18)12-7-11(15)3-4-13(12)17(19)20/h3-4,7,9-10H,5-6,8,15H2,1-2H3. The molecule has 2 N–H and O–H groups in total. The molecule has 108 valence electrons. The van der Waals surface area contributed by atoms with Crippen molar-refractivity contribution in [3.63, 3.8) is 0 Å². The van der Waals surface area contributed by atoms with Crippen LogP contribution in [0.1, 0.15) is 30.6 Å². The van der Waals surface area contributed by atoms with Gasteiger partial charge in [0.05, 0.1) is 4.92 Å². The number of amides is 1. The third-order valence-electron chi connectivity index (χ3n) is 3.90. The second-order valence-electron chi connectivity index (χ2n) is 5.58. The zero-order valence-corrected chi connectivity index (χ0v) is 11.7. The van der Waals surface area contributed by atoms with Gasteiger partial charge in [0.15, 0.2) is 0 Å². The van der Waals surface area contributed by atoms with Gasteiger partial charge in [0, 0.05) is 24.8 Å². The smallest absolute Gasteiger partial charge is 0.282 e. The lowest BCUT2D eigenvalue weighted by Gasteiger charge is -2.18. The van der Waals surface area contributed by atoms with E-state index in [0.717, 1.165) is 6.42 Å². The number of nitrogens with two attached hydrogens (primary N) is 1. The number of carbonyl (C=O) groups is 1. The number of hydrogen-bond acceptors (Lipinski definition) is 4. The first-order valence-electron chi connectivity index (χ1n) is 6.73. The van der Waals surface area contributed by atoms with Gasteiger partial charge in [-0.2, -0.15) is 0 Å². The van der Waals surface area contributed by atoms with Gasteiger partial charge in [0.1, 0.15) is 5.56 Å². The predicted molar refractivity (Wildman–Crippen MR) is 76.4 cm³/mol. The number of anilines is 1. The van der Waals surface area contributed by atoms with Crippen molar-refractivity contribution in [3.05, 3.63) is 33.9 Å². The van der Waals surface area contributed by atoms with Crippen LogP contribution in [0.5, 0.6) is 0 Å². The van der Waals surface area contributed by atoms with Crippen LogP contribution in [0.25, 0.3) is 0 Å². The molecule has 1 aromatic rings. The molecular formula is C14H19N3O3. The molecule has 20 heavy (non-hydrogen) atoms. The maximum atomic E-state index is 12.5. The Hall–Kier alpha value is -2.11. The number of nitro benzene ring substituents is 1. The molecular weight excluding hydrogens is 258 g/mol. The summed E-state index contributed by atoms with van der Waals surface area (Å²) >= 11 is 0. The second kappa shape index (κ2) is 5.48. The summed E-state index contributed by atoms with van der Waals surface area (Å²) < 4.78 is 0. The molecule has 1 amide bonds. The van der Waals surface area contributed by atoms with Gasteiger partial charge in [-0.15, -0.1) is 0 Å². The fraction of sp³-hybridized carbons (Fsp3) is 0.500. The summed E-state index contributed by atoms with van der Waals surface area (Å²) in [5.41, 5.74) is 5.91. The largest absolute Gasteiger partial charge is 0.399 e. The van der Waals surface area contributed by atoms with Crippen molar-refractivity contribution in [1.29, 1.82) is 0 Å². The Labute approximate surface area is 117 Å². The number of hydrogen-bond donors (Lipinski definition) is 1. The van der Waals surface area contributed by atoms with E-state index in [-0.39, 0.29) is 17.2 Å². The average Bonchev–Trinajstić information content (AvgIpc) is 2.87. The number of nitrogen functional groups attached to an aromatic ring is 1. The minimum atomic E-state index is -0.539. The number of nitrogens with zero attached hydrogens (tertiary/aromatic N) is 2. The van der Waals surface area contributed by atoms with Crippen molar-refractivity contribution in [2.24, 2.45) is 11.8 Å². The van der Waals surface area contributed by atoms with E-state index in [0.29, 0.717) is 30.6 Å². The van der Waals surface area contributed by atoms with Gasteiger partial charge in [0.25, 0.3) is 11.6 Å². The number of nitro groups is 1. The van der Waals surface area contributed by atoms with Gasteiger partial charge in [0.2, 0.25) is 0 Å². The van der Waals surface area contributed by atoms with Crippen LogP contribution in [0.4, 0.5) is 11.4 Å². The second-order valence-corrected chi connectivity index (χ2v) is 5.58. The minimum Gasteiger partial charge on any atom is -0.399 e. The Balaban J connectivity index is 2.26. The molecule has 0 spiro atoms. The van der Waals surface area contributed by atoms with E-state index in [9.17, 15) is 14.9 Å². The normalized spacial score (nSPS) is 18.6. The third kappa shape index (κ3) is 2.74. The van der Waals surface area contributed by atoms with E-state index in [2.05, 4.69) is 13.8 Å². The van der Waals surface area contributed by atoms with Crippen molar-refractivity contribution in [3.8, 4) is 0 Å². The Morgan fingerprint density at radius 1 is 1.50 bits per heavy atom. The monoisotopic (exact) mass is 277 g/mol. The van der Waals surface area contributed by atoms with Crippen LogP contribution in [0.15, 0.2) is 18.2 Å². The van der Waals surface area contributed by atoms with Crippen LogP contribution >= 0.6 is 0 Å². The molecule has 0 aliphatic carbocycles. The molecule has 6 heteroatoms. The summed E-state index contributed by atoms with van der Waals surface area (Å²) in [7, 11) is 0. The van der Waals surface area contributed by atoms with Crippen molar-refractivity contribution in [2.45, 2.75) is 20.3 Å². The van der Waals surface area contributed by atoms with Gasteiger partial charge in [-0.05, 0) is 30.4 Å².